The van der Waals surface area contributed by atoms with Gasteiger partial charge in [0.25, 0.3) is 0 Å². The Morgan fingerprint density at radius 3 is 2.57 bits per heavy atom. The lowest BCUT2D eigenvalue weighted by atomic mass is 10.0. The average Bonchev–Trinajstić information content (AvgIpc) is 2.91. The van der Waals surface area contributed by atoms with Gasteiger partial charge >= 0.3 is 5.97 Å². The molecular formula is C14H23N3O6. The summed E-state index contributed by atoms with van der Waals surface area (Å²) in [4.78, 5) is 14.8. The van der Waals surface area contributed by atoms with E-state index in [9.17, 15) is 4.79 Å². The van der Waals surface area contributed by atoms with Gasteiger partial charge in [-0.1, -0.05) is 5.11 Å². The Balaban J connectivity index is 2.10. The second kappa shape index (κ2) is 7.02. The van der Waals surface area contributed by atoms with Crippen molar-refractivity contribution in [3.05, 3.63) is 10.4 Å². The molecule has 23 heavy (non-hydrogen) atoms. The van der Waals surface area contributed by atoms with Crippen molar-refractivity contribution in [2.45, 2.75) is 76.7 Å². The Labute approximate surface area is 134 Å². The molecule has 2 aliphatic heterocycles. The molecule has 2 aliphatic rings. The molecule has 0 aromatic heterocycles. The maximum atomic E-state index is 12.1. The lowest BCUT2D eigenvalue weighted by Crippen LogP contribution is -2.35. The summed E-state index contributed by atoms with van der Waals surface area (Å²) in [7, 11) is 1.51. The highest BCUT2D eigenvalue weighted by atomic mass is 16.8. The van der Waals surface area contributed by atoms with Gasteiger partial charge in [-0.3, -0.25) is 4.79 Å². The van der Waals surface area contributed by atoms with Crippen LogP contribution in [0.15, 0.2) is 5.11 Å². The molecule has 0 aromatic rings. The van der Waals surface area contributed by atoms with Crippen LogP contribution in [-0.4, -0.2) is 55.6 Å². The Kier molecular flexibility index (Phi) is 5.49. The van der Waals surface area contributed by atoms with E-state index in [-0.39, 0.29) is 12.5 Å². The van der Waals surface area contributed by atoms with Crippen LogP contribution in [0.3, 0.4) is 0 Å². The van der Waals surface area contributed by atoms with Gasteiger partial charge in [0.2, 0.25) is 0 Å². The summed E-state index contributed by atoms with van der Waals surface area (Å²) in [6.07, 6.45) is -2.06. The van der Waals surface area contributed by atoms with E-state index in [1.165, 1.54) is 7.11 Å². The van der Waals surface area contributed by atoms with Crippen LogP contribution >= 0.6 is 0 Å². The van der Waals surface area contributed by atoms with Gasteiger partial charge in [-0.05, 0) is 39.6 Å². The summed E-state index contributed by atoms with van der Waals surface area (Å²) in [5, 5.41) is 3.53. The molecule has 0 aromatic carbocycles. The summed E-state index contributed by atoms with van der Waals surface area (Å²) in [5.74, 6) is -1.35. The molecule has 0 spiro atoms. The number of hydrogen-bond acceptors (Lipinski definition) is 7. The van der Waals surface area contributed by atoms with E-state index in [1.807, 2.05) is 0 Å². The van der Waals surface area contributed by atoms with E-state index >= 15 is 0 Å². The Morgan fingerprint density at radius 2 is 2.00 bits per heavy atom. The first-order chi connectivity index (χ1) is 10.8. The molecule has 2 saturated heterocycles. The van der Waals surface area contributed by atoms with Crippen LogP contribution in [0.4, 0.5) is 0 Å². The third-order valence-electron chi connectivity index (χ3n) is 3.61. The van der Waals surface area contributed by atoms with E-state index in [0.717, 1.165) is 0 Å². The van der Waals surface area contributed by atoms with Crippen LogP contribution in [0.1, 0.15) is 34.1 Å². The van der Waals surface area contributed by atoms with Gasteiger partial charge in [-0.2, -0.15) is 0 Å². The predicted molar refractivity (Wildman–Crippen MR) is 78.3 cm³/mol. The maximum absolute atomic E-state index is 12.1. The molecule has 2 rings (SSSR count). The molecule has 2 heterocycles. The third-order valence-corrected chi connectivity index (χ3v) is 3.61. The van der Waals surface area contributed by atoms with Crippen molar-refractivity contribution >= 4 is 5.97 Å². The summed E-state index contributed by atoms with van der Waals surface area (Å²) >= 11 is 0. The van der Waals surface area contributed by atoms with E-state index in [0.29, 0.717) is 0 Å². The molecule has 0 N–H and O–H groups in total. The molecule has 0 saturated carbocycles. The quantitative estimate of drug-likeness (QED) is 0.318. The zero-order chi connectivity index (χ0) is 17.2. The number of azide groups is 1. The fourth-order valence-electron chi connectivity index (χ4n) is 2.81. The lowest BCUT2D eigenvalue weighted by Gasteiger charge is -2.24. The van der Waals surface area contributed by atoms with Gasteiger partial charge < -0.3 is 23.7 Å². The molecule has 0 aliphatic carbocycles. The minimum Gasteiger partial charge on any atom is -0.463 e. The van der Waals surface area contributed by atoms with E-state index in [4.69, 9.17) is 29.2 Å². The van der Waals surface area contributed by atoms with Gasteiger partial charge in [0.1, 0.15) is 18.2 Å². The van der Waals surface area contributed by atoms with Crippen molar-refractivity contribution in [3.8, 4) is 0 Å². The van der Waals surface area contributed by atoms with Gasteiger partial charge in [-0.25, -0.2) is 0 Å². The number of methoxy groups -OCH3 is 1. The fraction of sp³-hybridized carbons (Fsp3) is 0.929. The van der Waals surface area contributed by atoms with Gasteiger partial charge in [0.05, 0.1) is 12.2 Å². The van der Waals surface area contributed by atoms with Gasteiger partial charge in [-0.15, -0.1) is 0 Å². The summed E-state index contributed by atoms with van der Waals surface area (Å²) in [5.41, 5.74) is 8.69. The van der Waals surface area contributed by atoms with Crippen molar-refractivity contribution in [1.29, 1.82) is 0 Å². The van der Waals surface area contributed by atoms with Crippen molar-refractivity contribution in [3.63, 3.8) is 0 Å². The van der Waals surface area contributed by atoms with Crippen LogP contribution in [0.2, 0.25) is 0 Å². The Bertz CT molecular complexity index is 491. The molecule has 2 fully saturated rings. The van der Waals surface area contributed by atoms with E-state index in [1.54, 1.807) is 27.7 Å². The molecule has 0 amide bonds. The second-order valence-corrected chi connectivity index (χ2v) is 6.29. The fourth-order valence-corrected chi connectivity index (χ4v) is 2.81. The summed E-state index contributed by atoms with van der Waals surface area (Å²) in [6.45, 7) is 7.05. The van der Waals surface area contributed by atoms with Crippen LogP contribution in [-0.2, 0) is 28.5 Å². The third kappa shape index (κ3) is 4.13. The highest BCUT2D eigenvalue weighted by Gasteiger charge is 2.56. The second-order valence-electron chi connectivity index (χ2n) is 6.29. The van der Waals surface area contributed by atoms with Crippen molar-refractivity contribution in [2.75, 3.05) is 7.11 Å². The minimum absolute atomic E-state index is 0.135. The maximum Gasteiger partial charge on any atom is 0.315 e. The highest BCUT2D eigenvalue weighted by Crippen LogP contribution is 2.40. The van der Waals surface area contributed by atoms with Crippen LogP contribution in [0.5, 0.6) is 0 Å². The zero-order valence-electron chi connectivity index (χ0n) is 14.0. The first kappa shape index (κ1) is 18.0. The highest BCUT2D eigenvalue weighted by molar-refractivity contribution is 5.76. The van der Waals surface area contributed by atoms with Crippen molar-refractivity contribution in [1.82, 2.24) is 0 Å². The average molecular weight is 329 g/mol. The Hall–Kier alpha value is -1.38. The van der Waals surface area contributed by atoms with Crippen LogP contribution in [0, 0.1) is 0 Å². The number of ether oxygens (including phenoxy) is 5. The van der Waals surface area contributed by atoms with E-state index < -0.39 is 42.4 Å². The van der Waals surface area contributed by atoms with Gasteiger partial charge in [0, 0.05) is 12.0 Å². The first-order valence-corrected chi connectivity index (χ1v) is 7.56. The standard InChI is InChI=1S/C14H23N3O6/c1-7(2)20-12(18)8(16-17-15)6-9-10-11(13(19-5)21-9)23-14(3,4)22-10/h7-11,13H,6H2,1-5H3/t8-,9+,10+,11+,13+/m0/s1. The monoisotopic (exact) mass is 329 g/mol. The Morgan fingerprint density at radius 1 is 1.35 bits per heavy atom. The summed E-state index contributed by atoms with van der Waals surface area (Å²) < 4.78 is 27.8. The molecule has 9 nitrogen and oxygen atoms in total. The number of carbonyl (C=O) groups excluding carboxylic acids is 1. The zero-order valence-corrected chi connectivity index (χ0v) is 14.0. The molecule has 0 unspecified atom stereocenters. The molecule has 0 bridgehead atoms. The number of hydrogen-bond donors (Lipinski definition) is 0. The van der Waals surface area contributed by atoms with Crippen molar-refractivity contribution in [2.24, 2.45) is 5.11 Å². The number of rotatable bonds is 6. The SMILES string of the molecule is CO[C@@H]1O[C@H](C[C@H](N=[N+]=[N-])C(=O)OC(C)C)[C@H]2OC(C)(C)O[C@@H]12. The molecule has 5 atom stereocenters. The largest absolute Gasteiger partial charge is 0.463 e. The molecule has 130 valence electrons. The number of carbonyl (C=O) groups is 1. The van der Waals surface area contributed by atoms with Crippen LogP contribution < -0.4 is 0 Å². The predicted octanol–water partition coefficient (Wildman–Crippen LogP) is 1.90. The normalized spacial score (nSPS) is 33.1. The smallest absolute Gasteiger partial charge is 0.315 e. The van der Waals surface area contributed by atoms with E-state index in [2.05, 4.69) is 10.0 Å². The first-order valence-electron chi connectivity index (χ1n) is 7.56. The minimum atomic E-state index is -0.990. The molecule has 0 radical (unpaired) electrons. The number of nitrogens with zero attached hydrogens (tertiary/aromatic N) is 3. The van der Waals surface area contributed by atoms with Gasteiger partial charge in [0.15, 0.2) is 12.1 Å². The number of fused-ring (bicyclic) bond motifs is 1. The lowest BCUT2D eigenvalue weighted by molar-refractivity contribution is -0.228. The number of esters is 1. The molecule has 9 heteroatoms. The molecular weight excluding hydrogens is 306 g/mol. The summed E-state index contributed by atoms with van der Waals surface area (Å²) in [6, 6.07) is -0.990. The van der Waals surface area contributed by atoms with Crippen LogP contribution in [0.25, 0.3) is 10.4 Å². The topological polar surface area (TPSA) is 112 Å². The van der Waals surface area contributed by atoms with Crippen molar-refractivity contribution < 1.29 is 28.5 Å².